The number of benzene rings is 1. The number of alkyl halides is 2. The number of nitrogens with one attached hydrogen (secondary N) is 3. The average Bonchev–Trinajstić information content (AvgIpc) is 3.13. The van der Waals surface area contributed by atoms with Gasteiger partial charge in [0.1, 0.15) is 11.9 Å². The van der Waals surface area contributed by atoms with Gasteiger partial charge in [0.15, 0.2) is 0 Å². The van der Waals surface area contributed by atoms with Crippen LogP contribution in [0.2, 0.25) is 0 Å². The Bertz CT molecular complexity index is 959. The molecule has 1 aromatic heterocycles. The first-order chi connectivity index (χ1) is 16.7. The SMILES string of the molecule is CCNC(=O)[C@H](CC(C)C)NC(=O)[C@H](CCc1nc2cc(N(CCCl)CCCl)ccc2n1C)NC. The number of imidazole rings is 1. The third-order valence-electron chi connectivity index (χ3n) is 6.04. The van der Waals surface area contributed by atoms with Crippen molar-refractivity contribution in [2.24, 2.45) is 13.0 Å². The van der Waals surface area contributed by atoms with Crippen LogP contribution in [0.5, 0.6) is 0 Å². The number of likely N-dealkylation sites (N-methyl/N-ethyl adjacent to an activating group) is 2. The summed E-state index contributed by atoms with van der Waals surface area (Å²) in [6.45, 7) is 7.91. The molecule has 0 aliphatic carbocycles. The second kappa shape index (κ2) is 14.5. The number of carbonyl (C=O) groups excluding carboxylic acids is 2. The summed E-state index contributed by atoms with van der Waals surface area (Å²) in [6.07, 6.45) is 1.76. The Hall–Kier alpha value is -2.03. The van der Waals surface area contributed by atoms with Gasteiger partial charge in [-0.05, 0) is 50.9 Å². The Morgan fingerprint density at radius 2 is 1.80 bits per heavy atom. The first-order valence-corrected chi connectivity index (χ1v) is 13.4. The molecule has 0 aliphatic rings. The van der Waals surface area contributed by atoms with Crippen molar-refractivity contribution in [3.8, 4) is 0 Å². The molecule has 196 valence electrons. The molecule has 2 aromatic rings. The van der Waals surface area contributed by atoms with E-state index < -0.39 is 12.1 Å². The second-order valence-electron chi connectivity index (χ2n) is 9.09. The van der Waals surface area contributed by atoms with Gasteiger partial charge in [0.25, 0.3) is 0 Å². The lowest BCUT2D eigenvalue weighted by Gasteiger charge is -2.23. The minimum atomic E-state index is -0.545. The molecule has 0 fully saturated rings. The number of carbonyl (C=O) groups is 2. The molecule has 0 unspecified atom stereocenters. The molecule has 10 heteroatoms. The van der Waals surface area contributed by atoms with E-state index in [1.807, 2.05) is 27.8 Å². The molecule has 35 heavy (non-hydrogen) atoms. The molecule has 0 aliphatic heterocycles. The third kappa shape index (κ3) is 8.26. The highest BCUT2D eigenvalue weighted by Gasteiger charge is 2.25. The zero-order valence-electron chi connectivity index (χ0n) is 21.5. The van der Waals surface area contributed by atoms with Gasteiger partial charge < -0.3 is 25.4 Å². The Morgan fingerprint density at radius 3 is 2.37 bits per heavy atom. The lowest BCUT2D eigenvalue weighted by atomic mass is 10.0. The summed E-state index contributed by atoms with van der Waals surface area (Å²) >= 11 is 11.9. The van der Waals surface area contributed by atoms with Gasteiger partial charge in [-0.2, -0.15) is 0 Å². The van der Waals surface area contributed by atoms with E-state index in [4.69, 9.17) is 28.2 Å². The van der Waals surface area contributed by atoms with Crippen molar-refractivity contribution in [3.05, 3.63) is 24.0 Å². The fourth-order valence-corrected chi connectivity index (χ4v) is 4.59. The van der Waals surface area contributed by atoms with E-state index in [9.17, 15) is 9.59 Å². The van der Waals surface area contributed by atoms with Gasteiger partial charge in [-0.25, -0.2) is 4.98 Å². The molecule has 8 nitrogen and oxygen atoms in total. The lowest BCUT2D eigenvalue weighted by molar-refractivity contribution is -0.130. The predicted octanol–water partition coefficient (Wildman–Crippen LogP) is 3.04. The Morgan fingerprint density at radius 1 is 1.11 bits per heavy atom. The molecule has 0 saturated heterocycles. The zero-order valence-corrected chi connectivity index (χ0v) is 23.0. The summed E-state index contributed by atoms with van der Waals surface area (Å²) in [5.41, 5.74) is 2.96. The second-order valence-corrected chi connectivity index (χ2v) is 9.85. The minimum absolute atomic E-state index is 0.145. The largest absolute Gasteiger partial charge is 0.369 e. The van der Waals surface area contributed by atoms with Gasteiger partial charge in [0.05, 0.1) is 17.1 Å². The van der Waals surface area contributed by atoms with Gasteiger partial charge in [-0.1, -0.05) is 13.8 Å². The smallest absolute Gasteiger partial charge is 0.242 e. The normalized spacial score (nSPS) is 13.1. The summed E-state index contributed by atoms with van der Waals surface area (Å²) in [6, 6.07) is 5.20. The summed E-state index contributed by atoms with van der Waals surface area (Å²) in [5, 5.41) is 8.85. The maximum Gasteiger partial charge on any atom is 0.242 e. The van der Waals surface area contributed by atoms with Crippen molar-refractivity contribution in [1.82, 2.24) is 25.5 Å². The monoisotopic (exact) mass is 526 g/mol. The first kappa shape index (κ1) is 29.2. The number of nitrogens with zero attached hydrogens (tertiary/aromatic N) is 3. The fourth-order valence-electron chi connectivity index (χ4n) is 4.19. The van der Waals surface area contributed by atoms with Crippen molar-refractivity contribution < 1.29 is 9.59 Å². The van der Waals surface area contributed by atoms with Crippen LogP contribution in [0.25, 0.3) is 11.0 Å². The molecule has 0 saturated carbocycles. The average molecular weight is 528 g/mol. The summed E-state index contributed by atoms with van der Waals surface area (Å²) in [4.78, 5) is 32.4. The van der Waals surface area contributed by atoms with E-state index in [1.165, 1.54) is 0 Å². The quantitative estimate of drug-likeness (QED) is 0.310. The van der Waals surface area contributed by atoms with E-state index in [-0.39, 0.29) is 17.7 Å². The fraction of sp³-hybridized carbons (Fsp3) is 0.640. The van der Waals surface area contributed by atoms with Crippen molar-refractivity contribution in [3.63, 3.8) is 0 Å². The minimum Gasteiger partial charge on any atom is -0.369 e. The van der Waals surface area contributed by atoms with E-state index >= 15 is 0 Å². The molecular formula is C25H40Cl2N6O2. The molecule has 0 bridgehead atoms. The molecule has 3 N–H and O–H groups in total. The lowest BCUT2D eigenvalue weighted by Crippen LogP contribution is -2.52. The molecule has 2 amide bonds. The maximum atomic E-state index is 13.0. The maximum absolute atomic E-state index is 13.0. The zero-order chi connectivity index (χ0) is 26.0. The molecule has 2 rings (SSSR count). The van der Waals surface area contributed by atoms with E-state index in [1.54, 1.807) is 7.05 Å². The predicted molar refractivity (Wildman–Crippen MR) is 146 cm³/mol. The highest BCUT2D eigenvalue weighted by Crippen LogP contribution is 2.23. The first-order valence-electron chi connectivity index (χ1n) is 12.3. The molecule has 1 heterocycles. The van der Waals surface area contributed by atoms with E-state index in [0.717, 1.165) is 22.5 Å². The standard InChI is InChI=1S/C25H40Cl2N6O2/c1-6-29-24(34)21(15-17(2)3)31-25(35)19(28-4)8-10-23-30-20-16-18(7-9-22(20)32(23)5)33(13-11-26)14-12-27/h7,9,16-17,19,21,28H,6,8,10-15H2,1-5H3,(H,29,34)(H,31,35)/t19-,21-/m0/s1. The topological polar surface area (TPSA) is 91.3 Å². The summed E-state index contributed by atoms with van der Waals surface area (Å²) in [5.74, 6) is 1.90. The van der Waals surface area contributed by atoms with Gasteiger partial charge >= 0.3 is 0 Å². The highest BCUT2D eigenvalue weighted by atomic mass is 35.5. The number of fused-ring (bicyclic) bond motifs is 1. The number of rotatable bonds is 15. The number of hydrogen-bond acceptors (Lipinski definition) is 5. The van der Waals surface area contributed by atoms with Crippen LogP contribution >= 0.6 is 23.2 Å². The molecular weight excluding hydrogens is 487 g/mol. The molecule has 0 radical (unpaired) electrons. The van der Waals surface area contributed by atoms with Crippen LogP contribution in [0.1, 0.15) is 39.4 Å². The number of aromatic nitrogens is 2. The van der Waals surface area contributed by atoms with E-state index in [2.05, 4.69) is 43.6 Å². The number of aryl methyl sites for hydroxylation is 2. The van der Waals surface area contributed by atoms with Gasteiger partial charge in [0, 0.05) is 50.6 Å². The number of halogens is 2. The number of hydrogen-bond donors (Lipinski definition) is 3. The number of anilines is 1. The van der Waals surface area contributed by atoms with Crippen molar-refractivity contribution >= 4 is 51.7 Å². The van der Waals surface area contributed by atoms with Crippen LogP contribution in [-0.4, -0.2) is 71.9 Å². The summed E-state index contributed by atoms with van der Waals surface area (Å²) < 4.78 is 2.06. The Labute approximate surface area is 219 Å². The Balaban J connectivity index is 2.12. The van der Waals surface area contributed by atoms with Crippen LogP contribution in [0, 0.1) is 5.92 Å². The van der Waals surface area contributed by atoms with Crippen LogP contribution < -0.4 is 20.9 Å². The molecule has 2 atom stereocenters. The number of amides is 2. The van der Waals surface area contributed by atoms with Crippen LogP contribution in [0.4, 0.5) is 5.69 Å². The van der Waals surface area contributed by atoms with Gasteiger partial charge in [-0.15, -0.1) is 23.2 Å². The van der Waals surface area contributed by atoms with Crippen molar-refractivity contribution in [2.75, 3.05) is 43.3 Å². The van der Waals surface area contributed by atoms with Crippen LogP contribution in [-0.2, 0) is 23.1 Å². The Kier molecular flexibility index (Phi) is 12.1. The van der Waals surface area contributed by atoms with E-state index in [0.29, 0.717) is 50.7 Å². The van der Waals surface area contributed by atoms with Crippen molar-refractivity contribution in [2.45, 2.75) is 52.1 Å². The van der Waals surface area contributed by atoms with Crippen molar-refractivity contribution in [1.29, 1.82) is 0 Å². The van der Waals surface area contributed by atoms with Gasteiger partial charge in [-0.3, -0.25) is 9.59 Å². The van der Waals surface area contributed by atoms with Gasteiger partial charge in [0.2, 0.25) is 11.8 Å². The van der Waals surface area contributed by atoms with Crippen LogP contribution in [0.3, 0.4) is 0 Å². The molecule has 0 spiro atoms. The van der Waals surface area contributed by atoms with Crippen LogP contribution in [0.15, 0.2) is 18.2 Å². The third-order valence-corrected chi connectivity index (χ3v) is 6.38. The molecule has 1 aromatic carbocycles. The summed E-state index contributed by atoms with van der Waals surface area (Å²) in [7, 11) is 3.75. The highest BCUT2D eigenvalue weighted by molar-refractivity contribution is 6.18.